The molecule has 0 aromatic carbocycles. The van der Waals surface area contributed by atoms with Crippen LogP contribution >= 0.6 is 0 Å². The molecule has 2 aliphatic rings. The van der Waals surface area contributed by atoms with E-state index in [1.54, 1.807) is 0 Å². The Morgan fingerprint density at radius 3 is 1.58 bits per heavy atom. The lowest BCUT2D eigenvalue weighted by molar-refractivity contribution is -0.742. The average molecular weight is 468 g/mol. The summed E-state index contributed by atoms with van der Waals surface area (Å²) in [4.78, 5) is 16.7. The molecule has 184 valence electrons. The molecule has 0 aromatic rings. The number of nitrogens with zero attached hydrogens (tertiary/aromatic N) is 2. The molecular formula is C12H24N2O17. The molecule has 0 radical (unpaired) electrons. The summed E-state index contributed by atoms with van der Waals surface area (Å²) in [7, 11) is 0. The fraction of sp³-hybridized carbons (Fsp3) is 1.00. The van der Waals surface area contributed by atoms with Gasteiger partial charge in [0.2, 0.25) is 0 Å². The summed E-state index contributed by atoms with van der Waals surface area (Å²) in [5.74, 6) is 0. The second kappa shape index (κ2) is 13.4. The van der Waals surface area contributed by atoms with Gasteiger partial charge in [-0.1, -0.05) is 0 Å². The largest absolute Gasteiger partial charge is 0.394 e. The van der Waals surface area contributed by atoms with Gasteiger partial charge in [-0.15, -0.1) is 20.2 Å². The Balaban J connectivity index is 0.000000967. The van der Waals surface area contributed by atoms with Crippen molar-refractivity contribution in [3.05, 3.63) is 20.2 Å². The summed E-state index contributed by atoms with van der Waals surface area (Å²) in [6.45, 7) is -1.35. The lowest BCUT2D eigenvalue weighted by atomic mass is 9.97. The molecule has 2 rings (SSSR count). The molecule has 0 amide bonds. The van der Waals surface area contributed by atoms with Gasteiger partial charge in [-0.25, -0.2) is 0 Å². The maximum absolute atomic E-state index is 9.94. The van der Waals surface area contributed by atoms with Crippen LogP contribution in [0.5, 0.6) is 0 Å². The van der Waals surface area contributed by atoms with E-state index in [4.69, 9.17) is 50.0 Å². The first-order chi connectivity index (χ1) is 14.3. The fourth-order valence-corrected chi connectivity index (χ4v) is 2.57. The third-order valence-corrected chi connectivity index (χ3v) is 3.98. The Labute approximate surface area is 171 Å². The zero-order chi connectivity index (χ0) is 24.5. The highest BCUT2D eigenvalue weighted by atomic mass is 16.9. The number of rotatable bonds is 4. The minimum atomic E-state index is -1.74. The van der Waals surface area contributed by atoms with E-state index in [9.17, 15) is 35.7 Å². The van der Waals surface area contributed by atoms with Crippen molar-refractivity contribution in [1.82, 2.24) is 0 Å². The van der Waals surface area contributed by atoms with Crippen LogP contribution in [0.4, 0.5) is 0 Å². The number of hydrogen-bond donors (Lipinski definition) is 10. The molecule has 2 aliphatic heterocycles. The average Bonchev–Trinajstić information content (AvgIpc) is 2.67. The van der Waals surface area contributed by atoms with E-state index < -0.39 is 84.8 Å². The predicted octanol–water partition coefficient (Wildman–Crippen LogP) is -6.09. The van der Waals surface area contributed by atoms with Gasteiger partial charge in [0.05, 0.1) is 13.2 Å². The highest BCUT2D eigenvalue weighted by Gasteiger charge is 2.50. The molecule has 0 aliphatic carbocycles. The van der Waals surface area contributed by atoms with E-state index in [0.717, 1.165) is 0 Å². The molecule has 2 saturated heterocycles. The van der Waals surface area contributed by atoms with Gasteiger partial charge >= 0.3 is 0 Å². The van der Waals surface area contributed by atoms with Crippen LogP contribution in [0.1, 0.15) is 0 Å². The van der Waals surface area contributed by atoms with Crippen molar-refractivity contribution >= 4 is 0 Å². The van der Waals surface area contributed by atoms with Crippen LogP contribution in [-0.2, 0) is 14.2 Å². The predicted molar refractivity (Wildman–Crippen MR) is 86.2 cm³/mol. The molecular weight excluding hydrogens is 444 g/mol. The summed E-state index contributed by atoms with van der Waals surface area (Å²) in [5, 5.41) is 104. The van der Waals surface area contributed by atoms with Crippen molar-refractivity contribution in [3.63, 3.8) is 0 Å². The van der Waals surface area contributed by atoms with Crippen LogP contribution in [0.15, 0.2) is 0 Å². The van der Waals surface area contributed by atoms with Crippen LogP contribution in [0, 0.1) is 20.2 Å². The molecule has 1 unspecified atom stereocenters. The maximum atomic E-state index is 9.94. The fourth-order valence-electron chi connectivity index (χ4n) is 2.57. The molecule has 10 atom stereocenters. The summed E-state index contributed by atoms with van der Waals surface area (Å²) >= 11 is 0. The summed E-state index contributed by atoms with van der Waals surface area (Å²) < 4.78 is 15.3. The smallest absolute Gasteiger partial charge is 0.291 e. The molecule has 0 saturated carbocycles. The lowest BCUT2D eigenvalue weighted by Crippen LogP contribution is -2.64. The minimum absolute atomic E-state index is 0.667. The Kier molecular flexibility index (Phi) is 12.5. The molecule has 19 nitrogen and oxygen atoms in total. The maximum Gasteiger partial charge on any atom is 0.291 e. The highest BCUT2D eigenvalue weighted by molar-refractivity contribution is 4.93. The molecule has 0 aromatic heterocycles. The lowest BCUT2D eigenvalue weighted by Gasteiger charge is -2.45. The molecule has 0 bridgehead atoms. The first kappa shape index (κ1) is 29.0. The van der Waals surface area contributed by atoms with E-state index in [0.29, 0.717) is 0 Å². The summed E-state index contributed by atoms with van der Waals surface area (Å²) in [5.41, 5.74) is 0. The Bertz CT molecular complexity index is 529. The first-order valence-electron chi connectivity index (χ1n) is 8.21. The Hall–Kier alpha value is -2.04. The van der Waals surface area contributed by atoms with Gasteiger partial charge in [0.15, 0.2) is 12.6 Å². The third kappa shape index (κ3) is 8.92. The second-order valence-electron chi connectivity index (χ2n) is 6.00. The number of aliphatic hydroxyl groups excluding tert-OH is 8. The number of ether oxygens (including phenoxy) is 3. The van der Waals surface area contributed by atoms with Crippen molar-refractivity contribution in [3.8, 4) is 0 Å². The van der Waals surface area contributed by atoms with Gasteiger partial charge < -0.3 is 65.5 Å². The minimum Gasteiger partial charge on any atom is -0.394 e. The van der Waals surface area contributed by atoms with Gasteiger partial charge in [0.1, 0.15) is 48.8 Å². The van der Waals surface area contributed by atoms with Crippen LogP contribution in [0.25, 0.3) is 0 Å². The van der Waals surface area contributed by atoms with Crippen LogP contribution in [-0.4, -0.2) is 136 Å². The van der Waals surface area contributed by atoms with E-state index in [1.807, 2.05) is 0 Å². The van der Waals surface area contributed by atoms with Crippen LogP contribution in [0.2, 0.25) is 0 Å². The second-order valence-corrected chi connectivity index (χ2v) is 6.00. The number of hydrogen-bond acceptors (Lipinski definition) is 15. The monoisotopic (exact) mass is 468 g/mol. The summed E-state index contributed by atoms with van der Waals surface area (Å²) in [6.07, 6.45) is -15.6. The van der Waals surface area contributed by atoms with Gasteiger partial charge in [-0.3, -0.25) is 0 Å². The Morgan fingerprint density at radius 1 is 0.710 bits per heavy atom. The molecule has 10 N–H and O–H groups in total. The van der Waals surface area contributed by atoms with Gasteiger partial charge in [-0.05, 0) is 0 Å². The molecule has 2 heterocycles. The summed E-state index contributed by atoms with van der Waals surface area (Å²) in [6, 6.07) is 0. The zero-order valence-corrected chi connectivity index (χ0v) is 15.4. The van der Waals surface area contributed by atoms with E-state index in [1.165, 1.54) is 0 Å². The standard InChI is InChI=1S/C12H22O11.2HNO3/c13-1-3-5(15)6(16)9(19)12(22-3)23-10-4(2-14)21-11(20)8(18)7(10)17;2*2-1(3)4/h3-20H,1-2H2;2*(H,2,3,4)/t3-,4-,5+,6+,7-,8-,9-,10-,11?,12+;;/m1../s1. The van der Waals surface area contributed by atoms with Crippen molar-refractivity contribution in [2.24, 2.45) is 0 Å². The zero-order valence-electron chi connectivity index (χ0n) is 15.4. The van der Waals surface area contributed by atoms with E-state index in [-0.39, 0.29) is 0 Å². The topological polar surface area (TPSA) is 316 Å². The van der Waals surface area contributed by atoms with Crippen molar-refractivity contribution in [1.29, 1.82) is 0 Å². The molecule has 0 spiro atoms. The molecule has 19 heteroatoms. The van der Waals surface area contributed by atoms with Crippen LogP contribution < -0.4 is 0 Å². The van der Waals surface area contributed by atoms with Crippen molar-refractivity contribution < 1.29 is 75.7 Å². The van der Waals surface area contributed by atoms with Crippen molar-refractivity contribution in [2.45, 2.75) is 61.4 Å². The highest BCUT2D eigenvalue weighted by Crippen LogP contribution is 2.28. The van der Waals surface area contributed by atoms with Gasteiger partial charge in [-0.2, -0.15) is 0 Å². The molecule has 2 fully saturated rings. The van der Waals surface area contributed by atoms with E-state index in [2.05, 4.69) is 0 Å². The first-order valence-corrected chi connectivity index (χ1v) is 8.21. The van der Waals surface area contributed by atoms with Gasteiger partial charge in [0.25, 0.3) is 10.2 Å². The van der Waals surface area contributed by atoms with E-state index >= 15 is 0 Å². The van der Waals surface area contributed by atoms with Gasteiger partial charge in [0, 0.05) is 0 Å². The van der Waals surface area contributed by atoms with Crippen LogP contribution in [0.3, 0.4) is 0 Å². The third-order valence-electron chi connectivity index (χ3n) is 3.98. The molecule has 31 heavy (non-hydrogen) atoms. The SMILES string of the molecule is O=[N+]([O-])O.O=[N+]([O-])O.OC[C@H]1O[C@@H](O[C@H]2[C@H](O)[C@@H](O)C(O)O[C@@H]2CO)[C@H](O)[C@@H](O)[C@H]1O. The normalized spacial score (nSPS) is 39.9. The number of aliphatic hydroxyl groups is 8. The quantitative estimate of drug-likeness (QED) is 0.135. The Morgan fingerprint density at radius 2 is 1.16 bits per heavy atom. The van der Waals surface area contributed by atoms with Crippen molar-refractivity contribution in [2.75, 3.05) is 13.2 Å².